The number of methoxy groups -OCH3 is 2. The Labute approximate surface area is 95.4 Å². The van der Waals surface area contributed by atoms with Gasteiger partial charge in [0.1, 0.15) is 11.6 Å². The van der Waals surface area contributed by atoms with Crippen LogP contribution < -0.4 is 10.5 Å². The zero-order chi connectivity index (χ0) is 12.0. The largest absolute Gasteiger partial charge is 0.496 e. The molecule has 90 valence electrons. The minimum absolute atomic E-state index is 0.305. The molecule has 16 heavy (non-hydrogen) atoms. The number of nitrogens with two attached hydrogens (primary N) is 1. The molecule has 0 saturated carbocycles. The molecule has 0 aromatic heterocycles. The Morgan fingerprint density at radius 3 is 2.62 bits per heavy atom. The second-order valence-corrected chi connectivity index (χ2v) is 3.57. The Morgan fingerprint density at radius 2 is 2.06 bits per heavy atom. The van der Waals surface area contributed by atoms with Gasteiger partial charge in [0.2, 0.25) is 0 Å². The van der Waals surface area contributed by atoms with E-state index in [0.29, 0.717) is 18.9 Å². The summed E-state index contributed by atoms with van der Waals surface area (Å²) in [5.41, 5.74) is 7.28. The quantitative estimate of drug-likeness (QED) is 0.807. The molecule has 3 nitrogen and oxygen atoms in total. The zero-order valence-corrected chi connectivity index (χ0v) is 9.75. The highest BCUT2D eigenvalue weighted by Crippen LogP contribution is 2.26. The molecule has 0 radical (unpaired) electrons. The number of ether oxygens (including phenoxy) is 2. The van der Waals surface area contributed by atoms with Gasteiger partial charge in [-0.15, -0.1) is 0 Å². The first-order valence-corrected chi connectivity index (χ1v) is 5.27. The van der Waals surface area contributed by atoms with Gasteiger partial charge in [0.15, 0.2) is 0 Å². The van der Waals surface area contributed by atoms with Crippen LogP contribution in [-0.2, 0) is 17.8 Å². The fourth-order valence-electron chi connectivity index (χ4n) is 1.69. The summed E-state index contributed by atoms with van der Waals surface area (Å²) < 4.78 is 23.5. The molecule has 2 N–H and O–H groups in total. The summed E-state index contributed by atoms with van der Waals surface area (Å²) in [7, 11) is 3.13. The second kappa shape index (κ2) is 6.45. The average Bonchev–Trinajstić information content (AvgIpc) is 2.27. The van der Waals surface area contributed by atoms with Crippen LogP contribution in [-0.4, -0.2) is 20.8 Å². The van der Waals surface area contributed by atoms with Crippen LogP contribution in [0.3, 0.4) is 0 Å². The van der Waals surface area contributed by atoms with E-state index in [1.165, 1.54) is 19.2 Å². The summed E-state index contributed by atoms with van der Waals surface area (Å²) in [5, 5.41) is 0. The van der Waals surface area contributed by atoms with Gasteiger partial charge in [-0.2, -0.15) is 0 Å². The zero-order valence-electron chi connectivity index (χ0n) is 9.75. The van der Waals surface area contributed by atoms with Crippen LogP contribution in [0.4, 0.5) is 4.39 Å². The van der Waals surface area contributed by atoms with Gasteiger partial charge in [-0.05, 0) is 36.6 Å². The fourth-order valence-corrected chi connectivity index (χ4v) is 1.69. The van der Waals surface area contributed by atoms with Crippen molar-refractivity contribution in [3.05, 3.63) is 29.1 Å². The first kappa shape index (κ1) is 12.9. The first-order valence-electron chi connectivity index (χ1n) is 5.27. The van der Waals surface area contributed by atoms with E-state index in [2.05, 4.69) is 0 Å². The third-order valence-corrected chi connectivity index (χ3v) is 2.42. The van der Waals surface area contributed by atoms with E-state index in [-0.39, 0.29) is 5.82 Å². The van der Waals surface area contributed by atoms with E-state index in [1.54, 1.807) is 7.11 Å². The van der Waals surface area contributed by atoms with E-state index in [1.807, 2.05) is 0 Å². The lowest BCUT2D eigenvalue weighted by molar-refractivity contribution is 0.183. The number of benzene rings is 1. The van der Waals surface area contributed by atoms with Crippen LogP contribution in [0.25, 0.3) is 0 Å². The Bertz CT molecular complexity index is 342. The van der Waals surface area contributed by atoms with Gasteiger partial charge in [0, 0.05) is 13.2 Å². The van der Waals surface area contributed by atoms with Crippen LogP contribution in [0.15, 0.2) is 12.1 Å². The predicted molar refractivity (Wildman–Crippen MR) is 61.0 cm³/mol. The molecular formula is C12H18FNO2. The summed E-state index contributed by atoms with van der Waals surface area (Å²) in [4.78, 5) is 0. The van der Waals surface area contributed by atoms with Gasteiger partial charge in [-0.3, -0.25) is 0 Å². The normalized spacial score (nSPS) is 10.5. The third-order valence-electron chi connectivity index (χ3n) is 2.42. The predicted octanol–water partition coefficient (Wildman–Crippen LogP) is 1.87. The van der Waals surface area contributed by atoms with E-state index >= 15 is 0 Å². The van der Waals surface area contributed by atoms with Crippen LogP contribution in [0.2, 0.25) is 0 Å². The molecule has 0 aliphatic rings. The molecular weight excluding hydrogens is 209 g/mol. The molecule has 0 atom stereocenters. The van der Waals surface area contributed by atoms with Gasteiger partial charge >= 0.3 is 0 Å². The second-order valence-electron chi connectivity index (χ2n) is 3.57. The highest BCUT2D eigenvalue weighted by atomic mass is 19.1. The lowest BCUT2D eigenvalue weighted by Gasteiger charge is -2.13. The number of hydrogen-bond acceptors (Lipinski definition) is 3. The van der Waals surface area contributed by atoms with Gasteiger partial charge in [0.25, 0.3) is 0 Å². The monoisotopic (exact) mass is 227 g/mol. The van der Waals surface area contributed by atoms with Gasteiger partial charge < -0.3 is 15.2 Å². The van der Waals surface area contributed by atoms with Crippen molar-refractivity contribution in [2.24, 2.45) is 5.73 Å². The average molecular weight is 227 g/mol. The molecule has 0 bridgehead atoms. The van der Waals surface area contributed by atoms with Crippen LogP contribution in [0.5, 0.6) is 5.75 Å². The summed E-state index contributed by atoms with van der Waals surface area (Å²) in [6.45, 7) is 0.987. The smallest absolute Gasteiger partial charge is 0.127 e. The fraction of sp³-hybridized carbons (Fsp3) is 0.500. The summed E-state index contributed by atoms with van der Waals surface area (Å²) >= 11 is 0. The molecule has 0 saturated heterocycles. The van der Waals surface area contributed by atoms with Crippen molar-refractivity contribution in [2.45, 2.75) is 19.4 Å². The number of halogens is 1. The minimum Gasteiger partial charge on any atom is -0.496 e. The maximum Gasteiger partial charge on any atom is 0.127 e. The van der Waals surface area contributed by atoms with Crippen molar-refractivity contribution in [2.75, 3.05) is 20.8 Å². The molecule has 1 aromatic rings. The van der Waals surface area contributed by atoms with Gasteiger partial charge in [0.05, 0.1) is 13.7 Å². The van der Waals surface area contributed by atoms with E-state index in [9.17, 15) is 4.39 Å². The molecule has 0 heterocycles. The molecule has 0 aliphatic heterocycles. The third kappa shape index (κ3) is 3.18. The van der Waals surface area contributed by atoms with Crippen molar-refractivity contribution in [1.82, 2.24) is 0 Å². The van der Waals surface area contributed by atoms with E-state index < -0.39 is 0 Å². The van der Waals surface area contributed by atoms with Crippen molar-refractivity contribution >= 4 is 0 Å². The summed E-state index contributed by atoms with van der Waals surface area (Å²) in [6.07, 6.45) is 1.62. The molecule has 0 spiro atoms. The Hall–Kier alpha value is -1.13. The van der Waals surface area contributed by atoms with Crippen molar-refractivity contribution in [1.29, 1.82) is 0 Å². The SMILES string of the molecule is COCc1cc(F)cc(OC)c1CCCN. The van der Waals surface area contributed by atoms with Crippen molar-refractivity contribution in [3.8, 4) is 5.75 Å². The number of rotatable bonds is 6. The molecule has 0 aliphatic carbocycles. The molecule has 1 rings (SSSR count). The maximum atomic E-state index is 13.3. The van der Waals surface area contributed by atoms with E-state index in [0.717, 1.165) is 24.0 Å². The molecule has 0 amide bonds. The highest BCUT2D eigenvalue weighted by Gasteiger charge is 2.11. The van der Waals surface area contributed by atoms with Crippen molar-refractivity contribution < 1.29 is 13.9 Å². The standard InChI is InChI=1S/C12H18FNO2/c1-15-8-9-6-10(13)7-12(16-2)11(9)4-3-5-14/h6-7H,3-5,8,14H2,1-2H3. The lowest BCUT2D eigenvalue weighted by Crippen LogP contribution is -2.05. The van der Waals surface area contributed by atoms with Crippen LogP contribution >= 0.6 is 0 Å². The first-order chi connectivity index (χ1) is 7.72. The van der Waals surface area contributed by atoms with Gasteiger partial charge in [-0.25, -0.2) is 4.39 Å². The topological polar surface area (TPSA) is 44.5 Å². The summed E-state index contributed by atoms with van der Waals surface area (Å²) in [6, 6.07) is 2.88. The molecule has 1 aromatic carbocycles. The van der Waals surface area contributed by atoms with Crippen LogP contribution in [0, 0.1) is 5.82 Å². The van der Waals surface area contributed by atoms with Gasteiger partial charge in [-0.1, -0.05) is 0 Å². The van der Waals surface area contributed by atoms with Crippen molar-refractivity contribution in [3.63, 3.8) is 0 Å². The van der Waals surface area contributed by atoms with E-state index in [4.69, 9.17) is 15.2 Å². The Kier molecular flexibility index (Phi) is 5.22. The summed E-state index contributed by atoms with van der Waals surface area (Å²) in [5.74, 6) is 0.265. The number of hydrogen-bond donors (Lipinski definition) is 1. The highest BCUT2D eigenvalue weighted by molar-refractivity contribution is 5.41. The maximum absolute atomic E-state index is 13.3. The lowest BCUT2D eigenvalue weighted by atomic mass is 10.0. The Balaban J connectivity index is 3.05. The van der Waals surface area contributed by atoms with Crippen LogP contribution in [0.1, 0.15) is 17.5 Å². The molecule has 4 heteroatoms. The Morgan fingerprint density at radius 1 is 1.31 bits per heavy atom. The molecule has 0 unspecified atom stereocenters. The minimum atomic E-state index is -0.305. The molecule has 0 fully saturated rings.